The number of aromatic nitrogens is 2. The van der Waals surface area contributed by atoms with E-state index in [1.807, 2.05) is 0 Å². The molecule has 1 aromatic carbocycles. The molecule has 19 heavy (non-hydrogen) atoms. The second kappa shape index (κ2) is 5.19. The number of hydrogen-bond acceptors (Lipinski definition) is 5. The van der Waals surface area contributed by atoms with Crippen LogP contribution in [0.3, 0.4) is 0 Å². The number of rotatable bonds is 3. The van der Waals surface area contributed by atoms with Crippen LogP contribution in [-0.2, 0) is 11.2 Å². The number of hydrogen-bond donors (Lipinski definition) is 1. The average Bonchev–Trinajstić information content (AvgIpc) is 3.05. The first-order chi connectivity index (χ1) is 9.22. The van der Waals surface area contributed by atoms with Gasteiger partial charge in [0.2, 0.25) is 0 Å². The maximum Gasteiger partial charge on any atom is 0.257 e. The van der Waals surface area contributed by atoms with Gasteiger partial charge >= 0.3 is 0 Å². The lowest BCUT2D eigenvalue weighted by molar-refractivity contribution is 0.109. The summed E-state index contributed by atoms with van der Waals surface area (Å²) in [7, 11) is 0. The molecule has 2 aromatic rings. The molecular formula is C13H13ClN2O3. The third-order valence-corrected chi connectivity index (χ3v) is 3.40. The third kappa shape index (κ3) is 2.72. The molecule has 1 atom stereocenters. The summed E-state index contributed by atoms with van der Waals surface area (Å²) in [5, 5.41) is 13.6. The van der Waals surface area contributed by atoms with Crippen LogP contribution in [-0.4, -0.2) is 28.0 Å². The summed E-state index contributed by atoms with van der Waals surface area (Å²) < 4.78 is 10.7. The smallest absolute Gasteiger partial charge is 0.257 e. The second-order valence-corrected chi connectivity index (χ2v) is 4.93. The highest BCUT2D eigenvalue weighted by Crippen LogP contribution is 2.28. The van der Waals surface area contributed by atoms with Crippen LogP contribution in [0.5, 0.6) is 5.75 Å². The molecule has 2 heterocycles. The fraction of sp³-hybridized carbons (Fsp3) is 0.385. The van der Waals surface area contributed by atoms with E-state index in [2.05, 4.69) is 10.1 Å². The van der Waals surface area contributed by atoms with Gasteiger partial charge in [-0.25, -0.2) is 0 Å². The van der Waals surface area contributed by atoms with Crippen LogP contribution in [0, 0.1) is 0 Å². The van der Waals surface area contributed by atoms with Gasteiger partial charge in [-0.1, -0.05) is 16.8 Å². The Labute approximate surface area is 115 Å². The molecule has 3 rings (SSSR count). The molecular weight excluding hydrogens is 268 g/mol. The van der Waals surface area contributed by atoms with E-state index >= 15 is 0 Å². The van der Waals surface area contributed by atoms with E-state index in [0.717, 1.165) is 19.4 Å². The first kappa shape index (κ1) is 12.4. The molecule has 100 valence electrons. The maximum absolute atomic E-state index is 9.37. The first-order valence-corrected chi connectivity index (χ1v) is 6.53. The van der Waals surface area contributed by atoms with Crippen molar-refractivity contribution in [3.8, 4) is 17.2 Å². The Morgan fingerprint density at radius 1 is 1.42 bits per heavy atom. The lowest BCUT2D eigenvalue weighted by Gasteiger charge is -2.03. The molecule has 1 N–H and O–H groups in total. The number of nitrogens with zero attached hydrogens (tertiary/aromatic N) is 2. The molecule has 1 saturated heterocycles. The number of aromatic hydroxyl groups is 1. The van der Waals surface area contributed by atoms with Gasteiger partial charge in [-0.3, -0.25) is 0 Å². The monoisotopic (exact) mass is 280 g/mol. The van der Waals surface area contributed by atoms with Crippen LogP contribution in [0.4, 0.5) is 0 Å². The molecule has 1 unspecified atom stereocenters. The number of benzene rings is 1. The maximum atomic E-state index is 9.37. The Hall–Kier alpha value is -1.59. The van der Waals surface area contributed by atoms with Crippen LogP contribution in [0.1, 0.15) is 18.7 Å². The fourth-order valence-corrected chi connectivity index (χ4v) is 2.28. The highest BCUT2D eigenvalue weighted by molar-refractivity contribution is 6.32. The summed E-state index contributed by atoms with van der Waals surface area (Å²) in [6, 6.07) is 4.78. The molecule has 0 bridgehead atoms. The minimum atomic E-state index is 0.0320. The van der Waals surface area contributed by atoms with Crippen molar-refractivity contribution in [1.29, 1.82) is 0 Å². The zero-order valence-electron chi connectivity index (χ0n) is 10.2. The second-order valence-electron chi connectivity index (χ2n) is 4.52. The van der Waals surface area contributed by atoms with Gasteiger partial charge in [0.15, 0.2) is 5.82 Å². The van der Waals surface area contributed by atoms with Gasteiger partial charge in [0, 0.05) is 18.6 Å². The molecule has 0 spiro atoms. The van der Waals surface area contributed by atoms with Crippen molar-refractivity contribution in [2.75, 3.05) is 6.61 Å². The lowest BCUT2D eigenvalue weighted by Crippen LogP contribution is -2.09. The van der Waals surface area contributed by atoms with Gasteiger partial charge in [0.25, 0.3) is 5.89 Å². The van der Waals surface area contributed by atoms with Crippen LogP contribution < -0.4 is 0 Å². The minimum Gasteiger partial charge on any atom is -0.506 e. The van der Waals surface area contributed by atoms with E-state index < -0.39 is 0 Å². The van der Waals surface area contributed by atoms with E-state index in [9.17, 15) is 5.11 Å². The molecule has 6 heteroatoms. The molecule has 1 aromatic heterocycles. The number of phenols is 1. The predicted molar refractivity (Wildman–Crippen MR) is 69.1 cm³/mol. The molecule has 5 nitrogen and oxygen atoms in total. The summed E-state index contributed by atoms with van der Waals surface area (Å²) >= 11 is 5.85. The highest BCUT2D eigenvalue weighted by Gasteiger charge is 2.19. The van der Waals surface area contributed by atoms with Crippen LogP contribution in [0.15, 0.2) is 22.7 Å². The normalized spacial score (nSPS) is 18.9. The zero-order valence-corrected chi connectivity index (χ0v) is 10.9. The number of ether oxygens (including phenoxy) is 1. The number of phenolic OH excluding ortho intramolecular Hbond substituents is 1. The third-order valence-electron chi connectivity index (χ3n) is 3.10. The van der Waals surface area contributed by atoms with Gasteiger partial charge in [-0.15, -0.1) is 0 Å². The van der Waals surface area contributed by atoms with Crippen molar-refractivity contribution in [3.63, 3.8) is 0 Å². The van der Waals surface area contributed by atoms with E-state index in [0.29, 0.717) is 23.7 Å². The quantitative estimate of drug-likeness (QED) is 0.936. The Balaban J connectivity index is 1.78. The summed E-state index contributed by atoms with van der Waals surface area (Å²) in [6.07, 6.45) is 2.97. The Bertz CT molecular complexity index is 579. The molecule has 1 aliphatic heterocycles. The Morgan fingerprint density at radius 2 is 2.32 bits per heavy atom. The van der Waals surface area contributed by atoms with Gasteiger partial charge < -0.3 is 14.4 Å². The van der Waals surface area contributed by atoms with Crippen LogP contribution in [0.2, 0.25) is 5.02 Å². The summed E-state index contributed by atoms with van der Waals surface area (Å²) in [5.41, 5.74) is 0.689. The number of halogens is 1. The van der Waals surface area contributed by atoms with Crippen LogP contribution in [0.25, 0.3) is 11.5 Å². The molecule has 0 amide bonds. The Morgan fingerprint density at radius 3 is 3.05 bits per heavy atom. The van der Waals surface area contributed by atoms with Gasteiger partial charge in [-0.2, -0.15) is 4.98 Å². The largest absolute Gasteiger partial charge is 0.506 e. The van der Waals surface area contributed by atoms with Crippen molar-refractivity contribution in [3.05, 3.63) is 29.0 Å². The van der Waals surface area contributed by atoms with Crippen molar-refractivity contribution in [1.82, 2.24) is 10.1 Å². The molecule has 1 aliphatic rings. The minimum absolute atomic E-state index is 0.0320. The van der Waals surface area contributed by atoms with Gasteiger partial charge in [-0.05, 0) is 31.0 Å². The SMILES string of the molecule is Oc1ccc(-c2nc(CC3CCCO3)no2)cc1Cl. The standard InChI is InChI=1S/C13H13ClN2O3/c14-10-6-8(3-4-11(10)17)13-15-12(16-19-13)7-9-2-1-5-18-9/h3-4,6,9,17H,1-2,5,7H2. The van der Waals surface area contributed by atoms with E-state index in [-0.39, 0.29) is 16.9 Å². The van der Waals surface area contributed by atoms with Crippen molar-refractivity contribution in [2.45, 2.75) is 25.4 Å². The molecule has 1 fully saturated rings. The van der Waals surface area contributed by atoms with Crippen LogP contribution >= 0.6 is 11.6 Å². The predicted octanol–water partition coefficient (Wildman–Crippen LogP) is 2.82. The van der Waals surface area contributed by atoms with Crippen molar-refractivity contribution in [2.24, 2.45) is 0 Å². The molecule has 0 radical (unpaired) electrons. The van der Waals surface area contributed by atoms with Crippen molar-refractivity contribution >= 4 is 11.6 Å². The fourth-order valence-electron chi connectivity index (χ4n) is 2.10. The van der Waals surface area contributed by atoms with Crippen molar-refractivity contribution < 1.29 is 14.4 Å². The topological polar surface area (TPSA) is 68.4 Å². The van der Waals surface area contributed by atoms with Gasteiger partial charge in [0.1, 0.15) is 5.75 Å². The van der Waals surface area contributed by atoms with E-state index in [1.165, 1.54) is 6.07 Å². The molecule has 0 saturated carbocycles. The molecule has 0 aliphatic carbocycles. The van der Waals surface area contributed by atoms with E-state index in [4.69, 9.17) is 20.9 Å². The summed E-state index contributed by atoms with van der Waals surface area (Å²) in [4.78, 5) is 4.32. The average molecular weight is 281 g/mol. The zero-order chi connectivity index (χ0) is 13.2. The summed E-state index contributed by atoms with van der Waals surface area (Å²) in [6.45, 7) is 0.808. The highest BCUT2D eigenvalue weighted by atomic mass is 35.5. The first-order valence-electron chi connectivity index (χ1n) is 6.15. The van der Waals surface area contributed by atoms with E-state index in [1.54, 1.807) is 12.1 Å². The Kier molecular flexibility index (Phi) is 3.40. The lowest BCUT2D eigenvalue weighted by atomic mass is 10.2. The van der Waals surface area contributed by atoms with Gasteiger partial charge in [0.05, 0.1) is 11.1 Å². The summed E-state index contributed by atoms with van der Waals surface area (Å²) in [5.74, 6) is 1.06.